The van der Waals surface area contributed by atoms with Gasteiger partial charge in [0.05, 0.1) is 25.2 Å². The number of benzene rings is 1. The van der Waals surface area contributed by atoms with Crippen molar-refractivity contribution in [3.05, 3.63) is 42.0 Å². The molecule has 0 aliphatic carbocycles. The van der Waals surface area contributed by atoms with Crippen molar-refractivity contribution in [2.24, 2.45) is 11.8 Å². The minimum absolute atomic E-state index is 0.0401. The Morgan fingerprint density at radius 2 is 2.15 bits per heavy atom. The van der Waals surface area contributed by atoms with Crippen molar-refractivity contribution in [3.8, 4) is 0 Å². The molecular weight excluding hydrogens is 330 g/mol. The zero-order valence-electron chi connectivity index (χ0n) is 15.3. The highest BCUT2D eigenvalue weighted by molar-refractivity contribution is 6.03. The van der Waals surface area contributed by atoms with E-state index in [2.05, 4.69) is 6.92 Å². The van der Waals surface area contributed by atoms with E-state index in [9.17, 15) is 9.59 Å². The first-order valence-corrected chi connectivity index (χ1v) is 9.48. The largest absolute Gasteiger partial charge is 0.465 e. The van der Waals surface area contributed by atoms with Gasteiger partial charge >= 0.3 is 5.97 Å². The quantitative estimate of drug-likeness (QED) is 0.447. The molecule has 138 valence electrons. The van der Waals surface area contributed by atoms with Crippen LogP contribution in [0, 0.1) is 18.8 Å². The van der Waals surface area contributed by atoms with Gasteiger partial charge in [0.25, 0.3) is 0 Å². The number of unbranched alkanes of at least 4 members (excludes halogenated alkanes) is 2. The van der Waals surface area contributed by atoms with Gasteiger partial charge in [0.15, 0.2) is 0 Å². The van der Waals surface area contributed by atoms with Gasteiger partial charge in [0.2, 0.25) is 5.91 Å². The summed E-state index contributed by atoms with van der Waals surface area (Å²) in [6.45, 7) is 4.96. The lowest BCUT2D eigenvalue weighted by atomic mass is 9.77. The van der Waals surface area contributed by atoms with E-state index in [4.69, 9.17) is 9.47 Å². The molecule has 0 aromatic heterocycles. The van der Waals surface area contributed by atoms with Crippen LogP contribution < -0.4 is 4.90 Å². The van der Waals surface area contributed by atoms with Crippen molar-refractivity contribution in [2.45, 2.75) is 44.8 Å². The van der Waals surface area contributed by atoms with Crippen molar-refractivity contribution in [3.63, 3.8) is 0 Å². The van der Waals surface area contributed by atoms with E-state index in [1.54, 1.807) is 4.90 Å². The van der Waals surface area contributed by atoms with E-state index in [1.165, 1.54) is 0 Å². The van der Waals surface area contributed by atoms with Crippen LogP contribution >= 0.6 is 0 Å². The molecular formula is C21H25NO4. The van der Waals surface area contributed by atoms with Crippen LogP contribution in [0.2, 0.25) is 0 Å². The fourth-order valence-electron chi connectivity index (χ4n) is 4.46. The number of hydrogen-bond donors (Lipinski definition) is 0. The van der Waals surface area contributed by atoms with Crippen LogP contribution in [0.15, 0.2) is 36.4 Å². The van der Waals surface area contributed by atoms with E-state index in [0.717, 1.165) is 30.5 Å². The number of nitrogens with zero attached hydrogens (tertiary/aromatic N) is 1. The maximum Gasteiger partial charge on any atom is 0.312 e. The Morgan fingerprint density at radius 1 is 1.35 bits per heavy atom. The number of fused-ring (bicyclic) bond motifs is 1. The molecule has 0 radical (unpaired) electrons. The number of carbonyl (C=O) groups is 2. The number of anilines is 1. The first-order valence-electron chi connectivity index (χ1n) is 9.48. The average molecular weight is 355 g/mol. The molecule has 0 N–H and O–H groups in total. The van der Waals surface area contributed by atoms with Crippen LogP contribution in [0.25, 0.3) is 0 Å². The molecule has 3 heterocycles. The van der Waals surface area contributed by atoms with Gasteiger partial charge in [0.1, 0.15) is 11.5 Å². The van der Waals surface area contributed by atoms with Gasteiger partial charge in [-0.3, -0.25) is 9.59 Å². The Bertz CT molecular complexity index is 758. The van der Waals surface area contributed by atoms with Gasteiger partial charge in [-0.2, -0.15) is 0 Å². The molecule has 5 heteroatoms. The smallest absolute Gasteiger partial charge is 0.312 e. The third-order valence-electron chi connectivity index (χ3n) is 5.77. The van der Waals surface area contributed by atoms with E-state index >= 15 is 0 Å². The second-order valence-corrected chi connectivity index (χ2v) is 7.49. The van der Waals surface area contributed by atoms with E-state index in [1.807, 2.05) is 43.3 Å². The van der Waals surface area contributed by atoms with Gasteiger partial charge < -0.3 is 14.4 Å². The number of para-hydroxylation sites is 1. The van der Waals surface area contributed by atoms with Gasteiger partial charge in [-0.25, -0.2) is 0 Å². The SMILES string of the molecule is CCCCCOC(=O)[C@H]1[C@@H]2C=C[C@]3(CN(c4ccccc4C)C(=O)[C@@H]13)O2. The molecule has 26 heavy (non-hydrogen) atoms. The first-order chi connectivity index (χ1) is 12.6. The lowest BCUT2D eigenvalue weighted by molar-refractivity contribution is -0.152. The fraction of sp³-hybridized carbons (Fsp3) is 0.524. The van der Waals surface area contributed by atoms with Crippen molar-refractivity contribution in [1.29, 1.82) is 0 Å². The molecule has 1 aromatic rings. The zero-order valence-corrected chi connectivity index (χ0v) is 15.3. The lowest BCUT2D eigenvalue weighted by Crippen LogP contribution is -2.40. The lowest BCUT2D eigenvalue weighted by Gasteiger charge is -2.23. The maximum absolute atomic E-state index is 13.2. The van der Waals surface area contributed by atoms with Gasteiger partial charge in [-0.1, -0.05) is 50.1 Å². The summed E-state index contributed by atoms with van der Waals surface area (Å²) in [5.41, 5.74) is 1.23. The summed E-state index contributed by atoms with van der Waals surface area (Å²) in [5, 5.41) is 0. The highest BCUT2D eigenvalue weighted by Gasteiger charge is 2.67. The third kappa shape index (κ3) is 2.57. The molecule has 1 spiro atoms. The number of aryl methyl sites for hydroxylation is 1. The number of esters is 1. The van der Waals surface area contributed by atoms with Crippen LogP contribution in [0.5, 0.6) is 0 Å². The summed E-state index contributed by atoms with van der Waals surface area (Å²) in [7, 11) is 0. The molecule has 2 fully saturated rings. The summed E-state index contributed by atoms with van der Waals surface area (Å²) >= 11 is 0. The zero-order chi connectivity index (χ0) is 18.3. The molecule has 2 saturated heterocycles. The molecule has 4 rings (SSSR count). The Kier molecular flexibility index (Phi) is 4.35. The summed E-state index contributed by atoms with van der Waals surface area (Å²) in [6, 6.07) is 7.81. The highest BCUT2D eigenvalue weighted by atomic mass is 16.6. The molecule has 1 amide bonds. The number of ether oxygens (including phenoxy) is 2. The van der Waals surface area contributed by atoms with Crippen molar-refractivity contribution in [2.75, 3.05) is 18.1 Å². The Balaban J connectivity index is 1.56. The standard InChI is InChI=1S/C21H25NO4/c1-3-4-7-12-25-20(24)17-16-10-11-21(26-16)13-22(19(23)18(17)21)15-9-6-5-8-14(15)2/h5-6,8-11,16-18H,3-4,7,12-13H2,1-2H3/t16-,17-,18+,21+/m0/s1. The van der Waals surface area contributed by atoms with E-state index < -0.39 is 17.4 Å². The molecule has 3 aliphatic rings. The van der Waals surface area contributed by atoms with Crippen LogP contribution in [0.3, 0.4) is 0 Å². The Morgan fingerprint density at radius 3 is 2.92 bits per heavy atom. The molecule has 0 unspecified atom stereocenters. The number of hydrogen-bond acceptors (Lipinski definition) is 4. The fourth-order valence-corrected chi connectivity index (χ4v) is 4.46. The van der Waals surface area contributed by atoms with E-state index in [0.29, 0.717) is 13.2 Å². The Labute approximate surface area is 154 Å². The predicted molar refractivity (Wildman–Crippen MR) is 97.7 cm³/mol. The maximum atomic E-state index is 13.2. The normalized spacial score (nSPS) is 31.5. The molecule has 3 aliphatic heterocycles. The summed E-state index contributed by atoms with van der Waals surface area (Å²) < 4.78 is 11.6. The summed E-state index contributed by atoms with van der Waals surface area (Å²) in [4.78, 5) is 27.7. The molecule has 2 bridgehead atoms. The van der Waals surface area contributed by atoms with Crippen molar-refractivity contribution >= 4 is 17.6 Å². The molecule has 0 saturated carbocycles. The van der Waals surface area contributed by atoms with Gasteiger partial charge in [0, 0.05) is 5.69 Å². The Hall–Kier alpha value is -2.14. The monoisotopic (exact) mass is 355 g/mol. The predicted octanol–water partition coefficient (Wildman–Crippen LogP) is 3.01. The van der Waals surface area contributed by atoms with Crippen molar-refractivity contribution in [1.82, 2.24) is 0 Å². The van der Waals surface area contributed by atoms with E-state index in [-0.39, 0.29) is 18.0 Å². The number of carbonyl (C=O) groups excluding carboxylic acids is 2. The van der Waals surface area contributed by atoms with Gasteiger partial charge in [-0.15, -0.1) is 0 Å². The molecule has 5 nitrogen and oxygen atoms in total. The molecule has 1 aromatic carbocycles. The van der Waals surface area contributed by atoms with Crippen LogP contribution in [0.1, 0.15) is 31.7 Å². The number of rotatable bonds is 6. The molecule has 4 atom stereocenters. The van der Waals surface area contributed by atoms with Crippen LogP contribution in [-0.2, 0) is 19.1 Å². The minimum atomic E-state index is -0.697. The second kappa shape index (κ2) is 6.54. The first kappa shape index (κ1) is 17.3. The summed E-state index contributed by atoms with van der Waals surface area (Å²) in [6.07, 6.45) is 6.51. The van der Waals surface area contributed by atoms with Crippen LogP contribution in [-0.4, -0.2) is 36.7 Å². The van der Waals surface area contributed by atoms with Crippen molar-refractivity contribution < 1.29 is 19.1 Å². The van der Waals surface area contributed by atoms with Crippen LogP contribution in [0.4, 0.5) is 5.69 Å². The highest BCUT2D eigenvalue weighted by Crippen LogP contribution is 2.53. The second-order valence-electron chi connectivity index (χ2n) is 7.49. The summed E-state index contributed by atoms with van der Waals surface area (Å²) in [5.74, 6) is -1.37. The topological polar surface area (TPSA) is 55.8 Å². The third-order valence-corrected chi connectivity index (χ3v) is 5.77. The number of amides is 1. The minimum Gasteiger partial charge on any atom is -0.465 e. The average Bonchev–Trinajstić information content (AvgIpc) is 3.27. The van der Waals surface area contributed by atoms with Gasteiger partial charge in [-0.05, 0) is 25.0 Å².